The Labute approximate surface area is 158 Å². The molecule has 148 valence electrons. The topological polar surface area (TPSA) is 100 Å². The van der Waals surface area contributed by atoms with Crippen molar-refractivity contribution in [3.8, 4) is 17.3 Å². The Bertz CT molecular complexity index is 1000. The zero-order valence-corrected chi connectivity index (χ0v) is 15.2. The van der Waals surface area contributed by atoms with Gasteiger partial charge in [-0.1, -0.05) is 0 Å². The van der Waals surface area contributed by atoms with Crippen LogP contribution >= 0.6 is 0 Å². The van der Waals surface area contributed by atoms with E-state index in [1.165, 1.54) is 21.1 Å². The van der Waals surface area contributed by atoms with Crippen LogP contribution in [0.5, 0.6) is 11.5 Å². The van der Waals surface area contributed by atoms with Crippen LogP contribution < -0.4 is 20.5 Å². The summed E-state index contributed by atoms with van der Waals surface area (Å²) in [4.78, 5) is 8.10. The maximum absolute atomic E-state index is 13.1. The van der Waals surface area contributed by atoms with E-state index in [0.29, 0.717) is 17.2 Å². The Hall–Kier alpha value is -3.50. The van der Waals surface area contributed by atoms with Gasteiger partial charge in [-0.15, -0.1) is 5.10 Å². The van der Waals surface area contributed by atoms with Crippen LogP contribution in [0.15, 0.2) is 30.3 Å². The highest BCUT2D eigenvalue weighted by Gasteiger charge is 2.31. The molecule has 3 N–H and O–H groups in total. The molecule has 8 nitrogen and oxygen atoms in total. The van der Waals surface area contributed by atoms with Crippen LogP contribution in [0.25, 0.3) is 5.82 Å². The first-order chi connectivity index (χ1) is 13.2. The number of aromatic nitrogens is 4. The number of hydrogen-bond acceptors (Lipinski definition) is 7. The molecule has 0 saturated carbocycles. The van der Waals surface area contributed by atoms with Gasteiger partial charge < -0.3 is 20.5 Å². The minimum absolute atomic E-state index is 0.0674. The summed E-state index contributed by atoms with van der Waals surface area (Å²) in [5.41, 5.74) is 5.67. The predicted molar refractivity (Wildman–Crippen MR) is 96.1 cm³/mol. The van der Waals surface area contributed by atoms with Crippen LogP contribution in [0.3, 0.4) is 0 Å². The molecule has 11 heteroatoms. The number of rotatable bonds is 5. The maximum atomic E-state index is 13.1. The number of anilines is 3. The molecule has 0 saturated heterocycles. The summed E-state index contributed by atoms with van der Waals surface area (Å²) in [5.74, 6) is 0.900. The summed E-state index contributed by atoms with van der Waals surface area (Å²) in [6.45, 7) is 1.45. The maximum Gasteiger partial charge on any atom is 0.416 e. The minimum atomic E-state index is -4.52. The van der Waals surface area contributed by atoms with Crippen LogP contribution in [0, 0.1) is 6.92 Å². The zero-order chi connectivity index (χ0) is 20.5. The first kappa shape index (κ1) is 19.3. The fraction of sp³-hybridized carbons (Fsp3) is 0.235. The normalized spacial score (nSPS) is 11.4. The smallest absolute Gasteiger partial charge is 0.416 e. The second-order valence-corrected chi connectivity index (χ2v) is 5.75. The van der Waals surface area contributed by atoms with Gasteiger partial charge in [-0.25, -0.2) is 4.98 Å². The van der Waals surface area contributed by atoms with Crippen molar-refractivity contribution in [1.82, 2.24) is 19.7 Å². The predicted octanol–water partition coefficient (Wildman–Crippen LogP) is 3.33. The van der Waals surface area contributed by atoms with Crippen LogP contribution in [0.4, 0.5) is 30.8 Å². The van der Waals surface area contributed by atoms with Gasteiger partial charge in [-0.2, -0.15) is 22.8 Å². The minimum Gasteiger partial charge on any atom is -0.497 e. The number of benzene rings is 1. The van der Waals surface area contributed by atoms with E-state index >= 15 is 0 Å². The van der Waals surface area contributed by atoms with Crippen LogP contribution in [0.1, 0.15) is 11.3 Å². The van der Waals surface area contributed by atoms with Crippen molar-refractivity contribution in [3.63, 3.8) is 0 Å². The number of alkyl halides is 3. The third-order valence-electron chi connectivity index (χ3n) is 3.77. The molecule has 0 atom stereocenters. The Morgan fingerprint density at radius 2 is 1.82 bits per heavy atom. The van der Waals surface area contributed by atoms with Crippen molar-refractivity contribution in [3.05, 3.63) is 41.6 Å². The molecular formula is C17H17F3N6O2. The van der Waals surface area contributed by atoms with Gasteiger partial charge in [0, 0.05) is 11.8 Å². The number of hydrogen-bond donors (Lipinski definition) is 2. The summed E-state index contributed by atoms with van der Waals surface area (Å²) in [5, 5.41) is 7.02. The molecule has 0 radical (unpaired) electrons. The number of nitrogens with two attached hydrogens (primary N) is 1. The molecule has 3 rings (SSSR count). The summed E-state index contributed by atoms with van der Waals surface area (Å²) in [7, 11) is 3.01. The van der Waals surface area contributed by atoms with Crippen molar-refractivity contribution in [2.45, 2.75) is 13.1 Å². The number of nitrogen functional groups attached to an aromatic ring is 1. The van der Waals surface area contributed by atoms with Crippen LogP contribution in [0.2, 0.25) is 0 Å². The molecule has 2 heterocycles. The molecule has 0 aliphatic heterocycles. The third-order valence-corrected chi connectivity index (χ3v) is 3.77. The van der Waals surface area contributed by atoms with Crippen molar-refractivity contribution >= 4 is 17.6 Å². The molecule has 3 aromatic rings. The van der Waals surface area contributed by atoms with E-state index in [1.54, 1.807) is 18.2 Å². The van der Waals surface area contributed by atoms with E-state index in [-0.39, 0.29) is 23.4 Å². The van der Waals surface area contributed by atoms with Gasteiger partial charge in [0.2, 0.25) is 11.9 Å². The number of nitrogens with one attached hydrogen (secondary N) is 1. The monoisotopic (exact) mass is 394 g/mol. The Kier molecular flexibility index (Phi) is 4.99. The average molecular weight is 394 g/mol. The quantitative estimate of drug-likeness (QED) is 0.685. The molecule has 28 heavy (non-hydrogen) atoms. The van der Waals surface area contributed by atoms with Gasteiger partial charge in [0.1, 0.15) is 11.5 Å². The molecule has 2 aromatic heterocycles. The lowest BCUT2D eigenvalue weighted by Crippen LogP contribution is -2.11. The van der Waals surface area contributed by atoms with E-state index in [1.807, 2.05) is 0 Å². The van der Waals surface area contributed by atoms with Gasteiger partial charge in [-0.05, 0) is 31.2 Å². The molecule has 1 aromatic carbocycles. The number of pyridine rings is 1. The zero-order valence-electron chi connectivity index (χ0n) is 15.2. The van der Waals surface area contributed by atoms with Crippen molar-refractivity contribution < 1.29 is 22.6 Å². The number of halogens is 3. The fourth-order valence-corrected chi connectivity index (χ4v) is 2.49. The largest absolute Gasteiger partial charge is 0.497 e. The molecule has 0 bridgehead atoms. The van der Waals surface area contributed by atoms with Crippen LogP contribution in [-0.2, 0) is 6.18 Å². The molecule has 0 aliphatic carbocycles. The Morgan fingerprint density at radius 1 is 1.07 bits per heavy atom. The summed E-state index contributed by atoms with van der Waals surface area (Å²) < 4.78 is 50.6. The number of nitrogens with zero attached hydrogens (tertiary/aromatic N) is 4. The second kappa shape index (κ2) is 7.25. The first-order valence-electron chi connectivity index (χ1n) is 7.99. The summed E-state index contributed by atoms with van der Waals surface area (Å²) in [6.07, 6.45) is -4.52. The summed E-state index contributed by atoms with van der Waals surface area (Å²) >= 11 is 0. The van der Waals surface area contributed by atoms with Crippen molar-refractivity contribution in [1.29, 1.82) is 0 Å². The van der Waals surface area contributed by atoms with Crippen LogP contribution in [-0.4, -0.2) is 34.0 Å². The number of aryl methyl sites for hydroxylation is 1. The van der Waals surface area contributed by atoms with Gasteiger partial charge in [0.15, 0.2) is 5.82 Å². The highest BCUT2D eigenvalue weighted by atomic mass is 19.4. The molecule has 0 amide bonds. The van der Waals surface area contributed by atoms with Gasteiger partial charge in [0.05, 0.1) is 25.5 Å². The lowest BCUT2D eigenvalue weighted by atomic mass is 10.2. The highest BCUT2D eigenvalue weighted by Crippen LogP contribution is 2.32. The number of ether oxygens (including phenoxy) is 2. The Morgan fingerprint density at radius 3 is 2.46 bits per heavy atom. The molecular weight excluding hydrogens is 377 g/mol. The van der Waals surface area contributed by atoms with E-state index < -0.39 is 11.7 Å². The van der Waals surface area contributed by atoms with E-state index in [9.17, 15) is 13.2 Å². The third kappa shape index (κ3) is 3.92. The van der Waals surface area contributed by atoms with Gasteiger partial charge in [0.25, 0.3) is 0 Å². The standard InChI is InChI=1S/C17H17F3N6O2/c1-9-6-10(17(18,19)20)7-14(22-9)26-15(21)24-16(25-26)23-12-5-4-11(27-2)8-13(12)28-3/h4-8H,1-3H3,(H3,21,23,24,25). The van der Waals surface area contributed by atoms with Crippen molar-refractivity contribution in [2.75, 3.05) is 25.3 Å². The molecule has 0 fully saturated rings. The molecule has 0 unspecified atom stereocenters. The SMILES string of the molecule is COc1ccc(Nc2nc(N)n(-c3cc(C(F)(F)F)cc(C)n3)n2)c(OC)c1. The molecule has 0 aliphatic rings. The lowest BCUT2D eigenvalue weighted by Gasteiger charge is -2.10. The fourth-order valence-electron chi connectivity index (χ4n) is 2.49. The number of methoxy groups -OCH3 is 2. The average Bonchev–Trinajstić information content (AvgIpc) is 3.01. The summed E-state index contributed by atoms with van der Waals surface area (Å²) in [6, 6.07) is 6.83. The highest BCUT2D eigenvalue weighted by molar-refractivity contribution is 5.64. The van der Waals surface area contributed by atoms with E-state index in [4.69, 9.17) is 15.2 Å². The lowest BCUT2D eigenvalue weighted by molar-refractivity contribution is -0.137. The second-order valence-electron chi connectivity index (χ2n) is 5.75. The Balaban J connectivity index is 1.96. The first-order valence-corrected chi connectivity index (χ1v) is 7.99. The van der Waals surface area contributed by atoms with Gasteiger partial charge in [-0.3, -0.25) is 0 Å². The molecule has 0 spiro atoms. The van der Waals surface area contributed by atoms with Gasteiger partial charge >= 0.3 is 6.18 Å². The van der Waals surface area contributed by atoms with E-state index in [2.05, 4.69) is 20.4 Å². The van der Waals surface area contributed by atoms with E-state index in [0.717, 1.165) is 16.8 Å². The van der Waals surface area contributed by atoms with Crippen molar-refractivity contribution in [2.24, 2.45) is 0 Å².